The van der Waals surface area contributed by atoms with Gasteiger partial charge in [-0.15, -0.1) is 11.3 Å². The van der Waals surface area contributed by atoms with Gasteiger partial charge in [-0.2, -0.15) is 0 Å². The Bertz CT molecular complexity index is 2530. The lowest BCUT2D eigenvalue weighted by molar-refractivity contribution is 1.05. The SMILES string of the molecule is C1=CCCC(c2cccc(-c3ccc4sc5cc(-c6nc(-c7ccccc7)nc(-c7ccc(-c8ccccc8)cc7)n6)ccc5c4c3)c2)=C1. The second-order valence-electron chi connectivity index (χ2n) is 12.4. The van der Waals surface area contributed by atoms with E-state index in [1.54, 1.807) is 0 Å². The molecule has 0 spiro atoms. The second kappa shape index (κ2) is 12.6. The first-order valence-corrected chi connectivity index (χ1v) is 17.5. The molecule has 0 saturated carbocycles. The molecule has 4 heteroatoms. The predicted octanol–water partition coefficient (Wildman–Crippen LogP) is 12.3. The minimum atomic E-state index is 0.659. The van der Waals surface area contributed by atoms with Crippen LogP contribution >= 0.6 is 11.3 Å². The molecule has 0 unspecified atom stereocenters. The van der Waals surface area contributed by atoms with Crippen molar-refractivity contribution in [2.24, 2.45) is 0 Å². The van der Waals surface area contributed by atoms with Crippen molar-refractivity contribution in [3.63, 3.8) is 0 Å². The molecule has 0 fully saturated rings. The van der Waals surface area contributed by atoms with Crippen molar-refractivity contribution >= 4 is 37.1 Å². The third kappa shape index (κ3) is 5.77. The van der Waals surface area contributed by atoms with Crippen molar-refractivity contribution in [1.82, 2.24) is 15.0 Å². The van der Waals surface area contributed by atoms with Crippen LogP contribution in [-0.2, 0) is 0 Å². The minimum absolute atomic E-state index is 0.659. The van der Waals surface area contributed by atoms with Gasteiger partial charge in [0.2, 0.25) is 0 Å². The molecule has 6 aromatic carbocycles. The van der Waals surface area contributed by atoms with Gasteiger partial charge in [0.15, 0.2) is 17.5 Å². The molecule has 1 aliphatic carbocycles. The third-order valence-electron chi connectivity index (χ3n) is 9.23. The topological polar surface area (TPSA) is 38.7 Å². The highest BCUT2D eigenvalue weighted by Crippen LogP contribution is 2.39. The highest BCUT2D eigenvalue weighted by atomic mass is 32.1. The molecule has 0 bridgehead atoms. The molecule has 0 atom stereocenters. The summed E-state index contributed by atoms with van der Waals surface area (Å²) in [5.41, 5.74) is 10.4. The number of rotatable bonds is 6. The van der Waals surface area contributed by atoms with Crippen LogP contribution in [0.1, 0.15) is 18.4 Å². The molecule has 49 heavy (non-hydrogen) atoms. The zero-order chi connectivity index (χ0) is 32.6. The van der Waals surface area contributed by atoms with E-state index in [0.29, 0.717) is 17.5 Å². The average molecular weight is 646 g/mol. The van der Waals surface area contributed by atoms with E-state index in [1.807, 2.05) is 47.7 Å². The number of allylic oxidation sites excluding steroid dienone is 4. The second-order valence-corrected chi connectivity index (χ2v) is 13.5. The Hall–Kier alpha value is -5.97. The van der Waals surface area contributed by atoms with Crippen molar-refractivity contribution in [2.75, 3.05) is 0 Å². The van der Waals surface area contributed by atoms with E-state index in [9.17, 15) is 0 Å². The lowest BCUT2D eigenvalue weighted by Gasteiger charge is -2.11. The molecule has 2 aromatic heterocycles. The molecule has 0 saturated heterocycles. The van der Waals surface area contributed by atoms with Gasteiger partial charge in [-0.25, -0.2) is 15.0 Å². The number of benzene rings is 6. The van der Waals surface area contributed by atoms with E-state index < -0.39 is 0 Å². The van der Waals surface area contributed by atoms with E-state index in [2.05, 4.69) is 127 Å². The molecule has 8 aromatic rings. The lowest BCUT2D eigenvalue weighted by atomic mass is 9.94. The molecule has 9 rings (SSSR count). The minimum Gasteiger partial charge on any atom is -0.208 e. The van der Waals surface area contributed by atoms with E-state index in [0.717, 1.165) is 35.1 Å². The number of nitrogens with zero attached hydrogens (tertiary/aromatic N) is 3. The molecular formula is C45H31N3S. The zero-order valence-corrected chi connectivity index (χ0v) is 27.6. The van der Waals surface area contributed by atoms with Crippen molar-refractivity contribution in [1.29, 1.82) is 0 Å². The van der Waals surface area contributed by atoms with Crippen LogP contribution in [0, 0.1) is 0 Å². The third-order valence-corrected chi connectivity index (χ3v) is 10.4. The molecule has 0 radical (unpaired) electrons. The summed E-state index contributed by atoms with van der Waals surface area (Å²) in [6.07, 6.45) is 8.85. The Labute approximate surface area is 289 Å². The maximum absolute atomic E-state index is 5.04. The van der Waals surface area contributed by atoms with E-state index in [4.69, 9.17) is 15.0 Å². The lowest BCUT2D eigenvalue weighted by Crippen LogP contribution is -2.00. The van der Waals surface area contributed by atoms with E-state index in [-0.39, 0.29) is 0 Å². The Morgan fingerprint density at radius 3 is 1.71 bits per heavy atom. The Kier molecular flexibility index (Phi) is 7.49. The molecule has 0 N–H and O–H groups in total. The molecule has 3 nitrogen and oxygen atoms in total. The van der Waals surface area contributed by atoms with Crippen LogP contribution in [0.15, 0.2) is 164 Å². The van der Waals surface area contributed by atoms with Gasteiger partial charge < -0.3 is 0 Å². The molecule has 1 aliphatic rings. The first-order valence-electron chi connectivity index (χ1n) is 16.7. The number of hydrogen-bond donors (Lipinski definition) is 0. The van der Waals surface area contributed by atoms with Crippen molar-refractivity contribution in [2.45, 2.75) is 12.8 Å². The van der Waals surface area contributed by atoms with Crippen LogP contribution in [0.25, 0.3) is 82.2 Å². The van der Waals surface area contributed by atoms with Crippen molar-refractivity contribution in [3.8, 4) is 56.4 Å². The average Bonchev–Trinajstić information content (AvgIpc) is 3.56. The standard InChI is InChI=1S/C45H31N3S/c1-4-11-30(12-5-1)32-19-21-34(22-20-32)44-46-43(33-15-8-3-9-16-33)47-45(48-44)38-23-25-39-40-28-37(24-26-41(40)49-42(39)29-38)36-18-10-17-35(27-36)31-13-6-2-7-14-31/h1-6,8-13,15-29H,7,14H2. The van der Waals surface area contributed by atoms with Crippen molar-refractivity contribution in [3.05, 3.63) is 169 Å². The summed E-state index contributed by atoms with van der Waals surface area (Å²) in [4.78, 5) is 15.0. The van der Waals surface area contributed by atoms with Gasteiger partial charge in [-0.1, -0.05) is 140 Å². The highest BCUT2D eigenvalue weighted by molar-refractivity contribution is 7.25. The van der Waals surface area contributed by atoms with Gasteiger partial charge in [0, 0.05) is 36.9 Å². The predicted molar refractivity (Wildman–Crippen MR) is 206 cm³/mol. The van der Waals surface area contributed by atoms with Crippen LogP contribution < -0.4 is 0 Å². The fourth-order valence-electron chi connectivity index (χ4n) is 6.63. The monoisotopic (exact) mass is 645 g/mol. The molecule has 232 valence electrons. The molecule has 2 heterocycles. The Morgan fingerprint density at radius 2 is 0.980 bits per heavy atom. The molecule has 0 amide bonds. The van der Waals surface area contributed by atoms with Gasteiger partial charge >= 0.3 is 0 Å². The fourth-order valence-corrected chi connectivity index (χ4v) is 7.76. The largest absolute Gasteiger partial charge is 0.208 e. The highest BCUT2D eigenvalue weighted by Gasteiger charge is 2.15. The van der Waals surface area contributed by atoms with Crippen LogP contribution in [-0.4, -0.2) is 15.0 Å². The summed E-state index contributed by atoms with van der Waals surface area (Å²) in [6, 6.07) is 51.4. The van der Waals surface area contributed by atoms with Gasteiger partial charge in [0.05, 0.1) is 0 Å². The summed E-state index contributed by atoms with van der Waals surface area (Å²) >= 11 is 1.81. The van der Waals surface area contributed by atoms with Gasteiger partial charge in [0.25, 0.3) is 0 Å². The van der Waals surface area contributed by atoms with Gasteiger partial charge in [0.1, 0.15) is 0 Å². The number of hydrogen-bond acceptors (Lipinski definition) is 4. The first-order chi connectivity index (χ1) is 24.2. The van der Waals surface area contributed by atoms with Gasteiger partial charge in [-0.3, -0.25) is 0 Å². The molecule has 0 aliphatic heterocycles. The number of fused-ring (bicyclic) bond motifs is 3. The van der Waals surface area contributed by atoms with Crippen molar-refractivity contribution < 1.29 is 0 Å². The maximum atomic E-state index is 5.04. The Morgan fingerprint density at radius 1 is 0.408 bits per heavy atom. The quantitative estimate of drug-likeness (QED) is 0.181. The summed E-state index contributed by atoms with van der Waals surface area (Å²) in [5.74, 6) is 1.99. The Balaban J connectivity index is 1.10. The van der Waals surface area contributed by atoms with Crippen LogP contribution in [0.5, 0.6) is 0 Å². The normalized spacial score (nSPS) is 12.8. The smallest absolute Gasteiger partial charge is 0.164 e. The first kappa shape index (κ1) is 29.2. The summed E-state index contributed by atoms with van der Waals surface area (Å²) in [5, 5.41) is 2.52. The summed E-state index contributed by atoms with van der Waals surface area (Å²) in [6.45, 7) is 0. The number of aromatic nitrogens is 3. The summed E-state index contributed by atoms with van der Waals surface area (Å²) in [7, 11) is 0. The van der Waals surface area contributed by atoms with Crippen LogP contribution in [0.4, 0.5) is 0 Å². The maximum Gasteiger partial charge on any atom is 0.164 e. The van der Waals surface area contributed by atoms with E-state index >= 15 is 0 Å². The summed E-state index contributed by atoms with van der Waals surface area (Å²) < 4.78 is 2.49. The van der Waals surface area contributed by atoms with Crippen LogP contribution in [0.3, 0.4) is 0 Å². The molecular weight excluding hydrogens is 615 g/mol. The fraction of sp³-hybridized carbons (Fsp3) is 0.0444. The van der Waals surface area contributed by atoms with Crippen LogP contribution in [0.2, 0.25) is 0 Å². The van der Waals surface area contributed by atoms with E-state index in [1.165, 1.54) is 48.0 Å². The number of thiophene rings is 1. The van der Waals surface area contributed by atoms with Gasteiger partial charge in [-0.05, 0) is 70.5 Å². The zero-order valence-electron chi connectivity index (χ0n) is 26.8.